The van der Waals surface area contributed by atoms with Crippen molar-refractivity contribution in [1.29, 1.82) is 0 Å². The summed E-state index contributed by atoms with van der Waals surface area (Å²) in [5, 5.41) is 0. The molecule has 0 fully saturated rings. The number of thioether (sulfide) groups is 1. The molecule has 0 aromatic heterocycles. The van der Waals surface area contributed by atoms with Crippen LogP contribution in [0.15, 0.2) is 47.4 Å². The molecule has 3 rings (SSSR count). The summed E-state index contributed by atoms with van der Waals surface area (Å²) in [5.41, 5.74) is 4.13. The van der Waals surface area contributed by atoms with E-state index in [0.717, 1.165) is 40.2 Å². The van der Waals surface area contributed by atoms with Gasteiger partial charge in [0.1, 0.15) is 0 Å². The van der Waals surface area contributed by atoms with Crippen LogP contribution in [0.1, 0.15) is 40.4 Å². The molecule has 0 unspecified atom stereocenters. The highest BCUT2D eigenvalue weighted by Gasteiger charge is 2.25. The average Bonchev–Trinajstić information content (AvgIpc) is 2.45. The Labute approximate surface area is 118 Å². The van der Waals surface area contributed by atoms with E-state index in [0.29, 0.717) is 0 Å². The molecule has 0 atom stereocenters. The second kappa shape index (κ2) is 5.22. The summed E-state index contributed by atoms with van der Waals surface area (Å²) in [7, 11) is 0. The minimum atomic E-state index is 0.191. The van der Waals surface area contributed by atoms with Gasteiger partial charge in [0.2, 0.25) is 0 Å². The van der Waals surface area contributed by atoms with Crippen molar-refractivity contribution >= 4 is 17.5 Å². The van der Waals surface area contributed by atoms with Crippen LogP contribution in [-0.2, 0) is 6.42 Å². The van der Waals surface area contributed by atoms with E-state index in [1.54, 1.807) is 11.8 Å². The van der Waals surface area contributed by atoms with Crippen molar-refractivity contribution in [1.82, 2.24) is 0 Å². The lowest BCUT2D eigenvalue weighted by molar-refractivity contribution is 0.103. The molecular formula is C17H16OS. The molecule has 0 radical (unpaired) electrons. The molecule has 0 N–H and O–H groups in total. The van der Waals surface area contributed by atoms with E-state index in [4.69, 9.17) is 0 Å². The van der Waals surface area contributed by atoms with Crippen LogP contribution in [0, 0.1) is 0 Å². The normalized spacial score (nSPS) is 13.0. The predicted octanol–water partition coefficient (Wildman–Crippen LogP) is 4.32. The van der Waals surface area contributed by atoms with Gasteiger partial charge in [-0.3, -0.25) is 4.79 Å². The van der Waals surface area contributed by atoms with Crippen LogP contribution in [0.5, 0.6) is 0 Å². The molecular weight excluding hydrogens is 252 g/mol. The highest BCUT2D eigenvalue weighted by Crippen LogP contribution is 2.33. The molecule has 96 valence electrons. The largest absolute Gasteiger partial charge is 0.289 e. The quantitative estimate of drug-likeness (QED) is 0.658. The molecule has 2 aromatic carbocycles. The number of carbonyl (C=O) groups is 1. The van der Waals surface area contributed by atoms with Crippen LogP contribution in [-0.4, -0.2) is 11.5 Å². The zero-order valence-corrected chi connectivity index (χ0v) is 11.8. The Morgan fingerprint density at radius 2 is 1.84 bits per heavy atom. The Hall–Kier alpha value is -1.54. The Kier molecular flexibility index (Phi) is 3.43. The topological polar surface area (TPSA) is 17.1 Å². The molecule has 0 aliphatic heterocycles. The minimum absolute atomic E-state index is 0.191. The molecule has 1 aliphatic rings. The third-order valence-corrected chi connectivity index (χ3v) is 4.71. The Balaban J connectivity index is 2.08. The van der Waals surface area contributed by atoms with Gasteiger partial charge in [0.15, 0.2) is 5.78 Å². The monoisotopic (exact) mass is 268 g/mol. The molecule has 0 heterocycles. The molecule has 2 aromatic rings. The molecule has 1 aliphatic carbocycles. The van der Waals surface area contributed by atoms with Crippen molar-refractivity contribution in [3.8, 4) is 0 Å². The lowest BCUT2D eigenvalue weighted by atomic mass is 9.85. The number of fused-ring (bicyclic) bond motifs is 2. The number of hydrogen-bond acceptors (Lipinski definition) is 2. The number of hydrogen-bond donors (Lipinski definition) is 0. The maximum Gasteiger partial charge on any atom is 0.194 e. The van der Waals surface area contributed by atoms with Crippen LogP contribution in [0.2, 0.25) is 0 Å². The van der Waals surface area contributed by atoms with Crippen molar-refractivity contribution in [2.45, 2.75) is 24.7 Å². The van der Waals surface area contributed by atoms with Gasteiger partial charge < -0.3 is 0 Å². The minimum Gasteiger partial charge on any atom is -0.289 e. The number of carbonyl (C=O) groups excluding carboxylic acids is 1. The van der Waals surface area contributed by atoms with Gasteiger partial charge in [-0.25, -0.2) is 0 Å². The maximum atomic E-state index is 12.7. The van der Waals surface area contributed by atoms with Crippen molar-refractivity contribution in [2.24, 2.45) is 0 Å². The van der Waals surface area contributed by atoms with Crippen molar-refractivity contribution < 1.29 is 4.79 Å². The smallest absolute Gasteiger partial charge is 0.194 e. The second-order valence-corrected chi connectivity index (χ2v) is 5.94. The number of ketones is 1. The van der Waals surface area contributed by atoms with E-state index in [-0.39, 0.29) is 5.78 Å². The van der Waals surface area contributed by atoms with Gasteiger partial charge in [0, 0.05) is 16.0 Å². The lowest BCUT2D eigenvalue weighted by Gasteiger charge is -2.20. The summed E-state index contributed by atoms with van der Waals surface area (Å²) in [6.07, 6.45) is 2.00. The van der Waals surface area contributed by atoms with Gasteiger partial charge in [-0.15, -0.1) is 11.8 Å². The van der Waals surface area contributed by atoms with Crippen LogP contribution < -0.4 is 0 Å². The predicted molar refractivity (Wildman–Crippen MR) is 80.1 cm³/mol. The summed E-state index contributed by atoms with van der Waals surface area (Å²) in [6, 6.07) is 14.2. The highest BCUT2D eigenvalue weighted by molar-refractivity contribution is 7.99. The molecule has 1 nitrogen and oxygen atoms in total. The Morgan fingerprint density at radius 1 is 1.05 bits per heavy atom. The van der Waals surface area contributed by atoms with Gasteiger partial charge in [0.05, 0.1) is 0 Å². The van der Waals surface area contributed by atoms with E-state index >= 15 is 0 Å². The molecule has 0 saturated heterocycles. The van der Waals surface area contributed by atoms with E-state index in [1.165, 1.54) is 5.56 Å². The standard InChI is InChI=1S/C17H16OS/c1-2-10-19-15-9-5-7-13-11-12-6-3-4-8-14(12)17(18)16(13)15/h3-9H,2,10-11H2,1H3. The van der Waals surface area contributed by atoms with Gasteiger partial charge >= 0.3 is 0 Å². The highest BCUT2D eigenvalue weighted by atomic mass is 32.2. The van der Waals surface area contributed by atoms with Crippen LogP contribution in [0.25, 0.3) is 0 Å². The fourth-order valence-electron chi connectivity index (χ4n) is 2.55. The fourth-order valence-corrected chi connectivity index (χ4v) is 3.52. The van der Waals surface area contributed by atoms with Crippen LogP contribution >= 0.6 is 11.8 Å². The van der Waals surface area contributed by atoms with Crippen molar-refractivity contribution in [3.05, 3.63) is 64.7 Å². The first-order valence-electron chi connectivity index (χ1n) is 6.68. The van der Waals surface area contributed by atoms with Gasteiger partial charge in [-0.05, 0) is 35.8 Å². The van der Waals surface area contributed by atoms with E-state index in [1.807, 2.05) is 18.2 Å². The third-order valence-electron chi connectivity index (χ3n) is 3.44. The number of benzene rings is 2. The first kappa shape index (κ1) is 12.5. The first-order chi connectivity index (χ1) is 9.31. The summed E-state index contributed by atoms with van der Waals surface area (Å²) < 4.78 is 0. The molecule has 19 heavy (non-hydrogen) atoms. The zero-order valence-electron chi connectivity index (χ0n) is 11.0. The van der Waals surface area contributed by atoms with Crippen molar-refractivity contribution in [3.63, 3.8) is 0 Å². The summed E-state index contributed by atoms with van der Waals surface area (Å²) in [6.45, 7) is 2.17. The summed E-state index contributed by atoms with van der Waals surface area (Å²) in [5.74, 6) is 1.25. The third kappa shape index (κ3) is 2.21. The number of rotatable bonds is 3. The van der Waals surface area contributed by atoms with Crippen LogP contribution in [0.4, 0.5) is 0 Å². The lowest BCUT2D eigenvalue weighted by Crippen LogP contribution is -2.16. The van der Waals surface area contributed by atoms with E-state index in [2.05, 4.69) is 31.2 Å². The summed E-state index contributed by atoms with van der Waals surface area (Å²) >= 11 is 1.79. The molecule has 0 spiro atoms. The first-order valence-corrected chi connectivity index (χ1v) is 7.67. The molecule has 2 heteroatoms. The molecule has 0 bridgehead atoms. The van der Waals surface area contributed by atoms with E-state index in [9.17, 15) is 4.79 Å². The van der Waals surface area contributed by atoms with Gasteiger partial charge in [-0.1, -0.05) is 43.3 Å². The fraction of sp³-hybridized carbons (Fsp3) is 0.235. The maximum absolute atomic E-state index is 12.7. The van der Waals surface area contributed by atoms with Gasteiger partial charge in [-0.2, -0.15) is 0 Å². The Morgan fingerprint density at radius 3 is 2.68 bits per heavy atom. The molecule has 0 amide bonds. The SMILES string of the molecule is CCCSc1cccc2c1C(=O)c1ccccc1C2. The van der Waals surface area contributed by atoms with Crippen molar-refractivity contribution in [2.75, 3.05) is 5.75 Å². The average molecular weight is 268 g/mol. The Bertz CT molecular complexity index is 631. The molecule has 0 saturated carbocycles. The van der Waals surface area contributed by atoms with Gasteiger partial charge in [0.25, 0.3) is 0 Å². The van der Waals surface area contributed by atoms with Crippen LogP contribution in [0.3, 0.4) is 0 Å². The second-order valence-electron chi connectivity index (χ2n) is 4.80. The zero-order chi connectivity index (χ0) is 13.2. The summed E-state index contributed by atoms with van der Waals surface area (Å²) in [4.78, 5) is 13.8. The van der Waals surface area contributed by atoms with E-state index < -0.39 is 0 Å².